The van der Waals surface area contributed by atoms with Gasteiger partial charge < -0.3 is 9.47 Å². The fourth-order valence-corrected chi connectivity index (χ4v) is 2.72. The second-order valence-corrected chi connectivity index (χ2v) is 7.17. The van der Waals surface area contributed by atoms with E-state index in [9.17, 15) is 14.9 Å². The van der Waals surface area contributed by atoms with Crippen LogP contribution in [0.3, 0.4) is 0 Å². The molecule has 3 rings (SSSR count). The smallest absolute Gasteiger partial charge is 0.280 e. The molecule has 0 saturated heterocycles. The van der Waals surface area contributed by atoms with Gasteiger partial charge in [-0.05, 0) is 54.4 Å². The Morgan fingerprint density at radius 1 is 1.12 bits per heavy atom. The fraction of sp³-hybridized carbons (Fsp3) is 0.130. The van der Waals surface area contributed by atoms with Crippen molar-refractivity contribution in [3.63, 3.8) is 0 Å². The molecule has 1 N–H and O–H groups in total. The lowest BCUT2D eigenvalue weighted by Crippen LogP contribution is -2.33. The van der Waals surface area contributed by atoms with Crippen LogP contribution < -0.4 is 14.9 Å². The molecule has 0 aliphatic rings. The summed E-state index contributed by atoms with van der Waals surface area (Å²) < 4.78 is 11.3. The number of hydrogen-bond donors (Lipinski definition) is 1. The van der Waals surface area contributed by atoms with Crippen molar-refractivity contribution in [2.75, 3.05) is 0 Å². The van der Waals surface area contributed by atoms with Gasteiger partial charge in [-0.15, -0.1) is 0 Å². The number of rotatable bonds is 9. The zero-order chi connectivity index (χ0) is 22.9. The quantitative estimate of drug-likeness (QED) is 0.286. The van der Waals surface area contributed by atoms with Crippen molar-refractivity contribution in [2.45, 2.75) is 19.6 Å². The van der Waals surface area contributed by atoms with E-state index in [2.05, 4.69) is 10.5 Å². The minimum atomic E-state index is -0.845. The largest absolute Gasteiger partial charge is 0.489 e. The Labute approximate surface area is 189 Å². The van der Waals surface area contributed by atoms with Gasteiger partial charge in [0.2, 0.25) is 0 Å². The lowest BCUT2D eigenvalue weighted by atomic mass is 10.2. The minimum absolute atomic E-state index is 0.0570. The topological polar surface area (TPSA) is 103 Å². The van der Waals surface area contributed by atoms with Crippen LogP contribution in [0.4, 0.5) is 5.69 Å². The van der Waals surface area contributed by atoms with Gasteiger partial charge in [-0.2, -0.15) is 5.10 Å². The summed E-state index contributed by atoms with van der Waals surface area (Å²) in [5.74, 6) is 0.535. The van der Waals surface area contributed by atoms with Crippen LogP contribution >= 0.6 is 11.6 Å². The van der Waals surface area contributed by atoms with E-state index in [1.807, 2.05) is 30.3 Å². The summed E-state index contributed by atoms with van der Waals surface area (Å²) in [6, 6.07) is 20.1. The Hall–Kier alpha value is -3.91. The zero-order valence-corrected chi connectivity index (χ0v) is 17.9. The second-order valence-electron chi connectivity index (χ2n) is 6.73. The highest BCUT2D eigenvalue weighted by atomic mass is 35.5. The molecule has 0 heterocycles. The Bertz CT molecular complexity index is 1100. The molecule has 0 aliphatic carbocycles. The van der Waals surface area contributed by atoms with Crippen LogP contribution in [-0.2, 0) is 11.4 Å². The summed E-state index contributed by atoms with van der Waals surface area (Å²) >= 11 is 5.88. The lowest BCUT2D eigenvalue weighted by molar-refractivity contribution is -0.384. The van der Waals surface area contributed by atoms with Crippen LogP contribution in [0.25, 0.3) is 0 Å². The Kier molecular flexibility index (Phi) is 7.77. The van der Waals surface area contributed by atoms with Gasteiger partial charge in [0, 0.05) is 17.2 Å². The van der Waals surface area contributed by atoms with Crippen LogP contribution in [0.1, 0.15) is 18.1 Å². The normalized spacial score (nSPS) is 11.7. The molecule has 32 heavy (non-hydrogen) atoms. The highest BCUT2D eigenvalue weighted by Gasteiger charge is 2.14. The molecule has 3 aromatic rings. The lowest BCUT2D eigenvalue weighted by Gasteiger charge is -2.12. The number of hydrogen-bond acceptors (Lipinski definition) is 6. The molecule has 3 aromatic carbocycles. The second kappa shape index (κ2) is 10.9. The Morgan fingerprint density at radius 2 is 1.84 bits per heavy atom. The van der Waals surface area contributed by atoms with Crippen molar-refractivity contribution in [2.24, 2.45) is 5.10 Å². The molecule has 0 aliphatic heterocycles. The average molecular weight is 454 g/mol. The number of hydrazone groups is 1. The molecule has 8 nitrogen and oxygen atoms in total. The zero-order valence-electron chi connectivity index (χ0n) is 17.1. The number of non-ortho nitro benzene ring substituents is 1. The van der Waals surface area contributed by atoms with Crippen molar-refractivity contribution in [3.05, 3.63) is 99.1 Å². The molecular weight excluding hydrogens is 434 g/mol. The standard InChI is InChI=1S/C23H20ClN3O5/c1-16(32-21-11-9-20(10-12-21)27(29)30)23(28)26-25-14-18-3-2-4-22(13-18)31-15-17-5-7-19(24)8-6-17/h2-14,16H,15H2,1H3,(H,26,28)/b25-14-/t16-/m1/s1. The third kappa shape index (κ3) is 6.82. The number of carbonyl (C=O) groups is 1. The fourth-order valence-electron chi connectivity index (χ4n) is 2.60. The first-order valence-electron chi connectivity index (χ1n) is 9.62. The van der Waals surface area contributed by atoms with Gasteiger partial charge in [0.05, 0.1) is 11.1 Å². The molecule has 0 radical (unpaired) electrons. The highest BCUT2D eigenvalue weighted by molar-refractivity contribution is 6.30. The first kappa shape index (κ1) is 22.8. The molecule has 164 valence electrons. The molecular formula is C23H20ClN3O5. The van der Waals surface area contributed by atoms with E-state index < -0.39 is 16.9 Å². The number of halogens is 1. The van der Waals surface area contributed by atoms with E-state index >= 15 is 0 Å². The molecule has 0 saturated carbocycles. The molecule has 0 unspecified atom stereocenters. The number of amides is 1. The Morgan fingerprint density at radius 3 is 2.53 bits per heavy atom. The number of benzene rings is 3. The van der Waals surface area contributed by atoms with Crippen LogP contribution in [0.15, 0.2) is 77.9 Å². The van der Waals surface area contributed by atoms with Crippen LogP contribution in [-0.4, -0.2) is 23.1 Å². The number of nitrogens with zero attached hydrogens (tertiary/aromatic N) is 2. The first-order chi connectivity index (χ1) is 15.4. The van der Waals surface area contributed by atoms with E-state index in [0.29, 0.717) is 23.1 Å². The maximum atomic E-state index is 12.2. The van der Waals surface area contributed by atoms with Gasteiger partial charge >= 0.3 is 0 Å². The summed E-state index contributed by atoms with van der Waals surface area (Å²) in [6.45, 7) is 1.95. The van der Waals surface area contributed by atoms with Gasteiger partial charge in [0.25, 0.3) is 11.6 Å². The van der Waals surface area contributed by atoms with E-state index in [-0.39, 0.29) is 5.69 Å². The van der Waals surface area contributed by atoms with Gasteiger partial charge in [0.1, 0.15) is 18.1 Å². The number of carbonyl (C=O) groups excluding carboxylic acids is 1. The molecule has 0 fully saturated rings. The van der Waals surface area contributed by atoms with E-state index in [4.69, 9.17) is 21.1 Å². The highest BCUT2D eigenvalue weighted by Crippen LogP contribution is 2.18. The minimum Gasteiger partial charge on any atom is -0.489 e. The molecule has 0 spiro atoms. The third-order valence-corrected chi connectivity index (χ3v) is 4.55. The first-order valence-corrected chi connectivity index (χ1v) is 10.00. The van der Waals surface area contributed by atoms with Crippen molar-refractivity contribution >= 4 is 29.4 Å². The molecule has 1 atom stereocenters. The molecule has 0 aromatic heterocycles. The number of nitro benzene ring substituents is 1. The molecule has 9 heteroatoms. The maximum Gasteiger partial charge on any atom is 0.280 e. The van der Waals surface area contributed by atoms with Gasteiger partial charge in [0.15, 0.2) is 6.10 Å². The summed E-state index contributed by atoms with van der Waals surface area (Å²) in [4.78, 5) is 22.3. The number of nitro groups is 1. The van der Waals surface area contributed by atoms with Gasteiger partial charge in [-0.25, -0.2) is 5.43 Å². The molecule has 0 bridgehead atoms. The molecule has 1 amide bonds. The van der Waals surface area contributed by atoms with Crippen molar-refractivity contribution in [1.82, 2.24) is 5.43 Å². The van der Waals surface area contributed by atoms with Crippen molar-refractivity contribution in [1.29, 1.82) is 0 Å². The monoisotopic (exact) mass is 453 g/mol. The van der Waals surface area contributed by atoms with Gasteiger partial charge in [-0.3, -0.25) is 14.9 Å². The predicted octanol–water partition coefficient (Wildman–Crippen LogP) is 4.74. The summed E-state index contributed by atoms with van der Waals surface area (Å²) in [7, 11) is 0. The Balaban J connectivity index is 1.50. The maximum absolute atomic E-state index is 12.2. The van der Waals surface area contributed by atoms with Gasteiger partial charge in [-0.1, -0.05) is 35.9 Å². The van der Waals surface area contributed by atoms with E-state index in [1.54, 1.807) is 25.1 Å². The van der Waals surface area contributed by atoms with Crippen molar-refractivity contribution < 1.29 is 19.2 Å². The van der Waals surface area contributed by atoms with E-state index in [1.165, 1.54) is 30.5 Å². The van der Waals surface area contributed by atoms with E-state index in [0.717, 1.165) is 11.1 Å². The summed E-state index contributed by atoms with van der Waals surface area (Å²) in [5, 5.41) is 15.3. The van der Waals surface area contributed by atoms with Crippen LogP contribution in [0, 0.1) is 10.1 Å². The summed E-state index contributed by atoms with van der Waals surface area (Å²) in [6.07, 6.45) is 0.647. The average Bonchev–Trinajstić information content (AvgIpc) is 2.79. The number of ether oxygens (including phenoxy) is 2. The van der Waals surface area contributed by atoms with Crippen LogP contribution in [0.5, 0.6) is 11.5 Å². The van der Waals surface area contributed by atoms with Crippen molar-refractivity contribution in [3.8, 4) is 11.5 Å². The number of nitrogens with one attached hydrogen (secondary N) is 1. The third-order valence-electron chi connectivity index (χ3n) is 4.29. The predicted molar refractivity (Wildman–Crippen MR) is 121 cm³/mol. The summed E-state index contributed by atoms with van der Waals surface area (Å²) in [5.41, 5.74) is 4.08. The van der Waals surface area contributed by atoms with Crippen LogP contribution in [0.2, 0.25) is 5.02 Å². The SMILES string of the molecule is C[C@@H](Oc1ccc([N+](=O)[O-])cc1)C(=O)N/N=C\c1cccc(OCc2ccc(Cl)cc2)c1.